The van der Waals surface area contributed by atoms with Gasteiger partial charge in [0.05, 0.1) is 21.7 Å². The van der Waals surface area contributed by atoms with Crippen molar-refractivity contribution >= 4 is 52.3 Å². The van der Waals surface area contributed by atoms with Gasteiger partial charge in [0, 0.05) is 23.2 Å². The fourth-order valence-electron chi connectivity index (χ4n) is 8.57. The van der Waals surface area contributed by atoms with E-state index < -0.39 is 32.7 Å². The Labute approximate surface area is 228 Å². The molecule has 3 saturated carbocycles. The normalized spacial score (nSPS) is 43.6. The van der Waals surface area contributed by atoms with Crippen LogP contribution in [0.25, 0.3) is 0 Å². The zero-order chi connectivity index (χ0) is 26.1. The maximum Gasteiger partial charge on any atom is 0.339 e. The molecule has 0 N–H and O–H groups in total. The smallest absolute Gasteiger partial charge is 0.339 e. The van der Waals surface area contributed by atoms with E-state index in [-0.39, 0.29) is 35.2 Å². The van der Waals surface area contributed by atoms with Crippen LogP contribution in [0.1, 0.15) is 69.7 Å². The molecule has 0 saturated heterocycles. The van der Waals surface area contributed by atoms with Crippen LogP contribution in [0.4, 0.5) is 0 Å². The highest BCUT2D eigenvalue weighted by Crippen LogP contribution is 2.73. The predicted molar refractivity (Wildman–Crippen MR) is 142 cm³/mol. The lowest BCUT2D eigenvalue weighted by Crippen LogP contribution is -2.68. The molecule has 1 aromatic rings. The lowest BCUT2D eigenvalue weighted by atomic mass is 9.45. The van der Waals surface area contributed by atoms with Gasteiger partial charge in [-0.05, 0) is 62.1 Å². The largest absolute Gasteiger partial charge is 0.447 e. The van der Waals surface area contributed by atoms with Gasteiger partial charge in [-0.25, -0.2) is 4.79 Å². The van der Waals surface area contributed by atoms with Crippen molar-refractivity contribution in [2.45, 2.75) is 75.1 Å². The van der Waals surface area contributed by atoms with E-state index >= 15 is 0 Å². The summed E-state index contributed by atoms with van der Waals surface area (Å²) < 4.78 is 6.30. The first-order valence-electron chi connectivity index (χ1n) is 12.9. The van der Waals surface area contributed by atoms with E-state index in [1.165, 1.54) is 0 Å². The molecule has 0 bridgehead atoms. The summed E-state index contributed by atoms with van der Waals surface area (Å²) in [5.74, 6) is -1.10. The van der Waals surface area contributed by atoms with Gasteiger partial charge in [-0.15, -0.1) is 34.8 Å². The standard InChI is InChI=1S/C29H33Cl3O4/c1-17-13-22-21-10-9-19-14-20(33)11-12-26(19,2)28(21,32)23(31)15-27(22,3)29(17,24(34)16-30)36-25(35)18-7-5-4-6-8-18/h4-8,14,17,21-23H,9-13,15-16H2,1-3H3/t17-,21+,22+,23+,26+,27+,28+,29-/m1/s1. The lowest BCUT2D eigenvalue weighted by Gasteiger charge is -2.65. The van der Waals surface area contributed by atoms with Crippen molar-refractivity contribution in [3.63, 3.8) is 0 Å². The molecular weight excluding hydrogens is 519 g/mol. The number of benzene rings is 1. The summed E-state index contributed by atoms with van der Waals surface area (Å²) in [5, 5.41) is -0.476. The number of Topliss-reactive ketones (excluding diaryl/α,β-unsaturated/α-hetero) is 1. The molecule has 0 amide bonds. The summed E-state index contributed by atoms with van der Waals surface area (Å²) in [4.78, 5) is 38.6. The van der Waals surface area contributed by atoms with Crippen molar-refractivity contribution in [2.24, 2.45) is 28.6 Å². The molecule has 0 unspecified atom stereocenters. The Kier molecular flexibility index (Phi) is 6.45. The predicted octanol–water partition coefficient (Wildman–Crippen LogP) is 6.75. The Morgan fingerprint density at radius 3 is 2.47 bits per heavy atom. The van der Waals surface area contributed by atoms with Gasteiger partial charge in [-0.3, -0.25) is 9.59 Å². The number of ketones is 2. The fourth-order valence-corrected chi connectivity index (χ4v) is 10.0. The molecule has 3 fully saturated rings. The van der Waals surface area contributed by atoms with Crippen LogP contribution in [0, 0.1) is 28.6 Å². The van der Waals surface area contributed by atoms with Crippen molar-refractivity contribution in [1.29, 1.82) is 0 Å². The van der Waals surface area contributed by atoms with Crippen molar-refractivity contribution in [1.82, 2.24) is 0 Å². The highest BCUT2D eigenvalue weighted by Gasteiger charge is 2.76. The number of carbonyl (C=O) groups excluding carboxylic acids is 3. The van der Waals surface area contributed by atoms with E-state index in [2.05, 4.69) is 6.92 Å². The van der Waals surface area contributed by atoms with Crippen LogP contribution in [0.15, 0.2) is 42.0 Å². The minimum atomic E-state index is -1.39. The van der Waals surface area contributed by atoms with E-state index in [9.17, 15) is 14.4 Å². The summed E-state index contributed by atoms with van der Waals surface area (Å²) in [6.45, 7) is 6.20. The van der Waals surface area contributed by atoms with E-state index in [1.54, 1.807) is 30.3 Å². The number of allylic oxidation sites excluding steroid dienone is 1. The van der Waals surface area contributed by atoms with Crippen LogP contribution in [0.3, 0.4) is 0 Å². The van der Waals surface area contributed by atoms with Gasteiger partial charge < -0.3 is 4.74 Å². The molecule has 194 valence electrons. The monoisotopic (exact) mass is 550 g/mol. The van der Waals surface area contributed by atoms with Crippen molar-refractivity contribution < 1.29 is 19.1 Å². The Morgan fingerprint density at radius 2 is 1.81 bits per heavy atom. The summed E-state index contributed by atoms with van der Waals surface area (Å²) in [5.41, 5.74) is -1.01. The molecule has 0 heterocycles. The molecule has 1 aromatic carbocycles. The second-order valence-electron chi connectivity index (χ2n) is 11.8. The van der Waals surface area contributed by atoms with Crippen LogP contribution in [0.5, 0.6) is 0 Å². The third-order valence-corrected chi connectivity index (χ3v) is 12.2. The Balaban J connectivity index is 1.60. The van der Waals surface area contributed by atoms with Crippen LogP contribution in [-0.2, 0) is 14.3 Å². The number of hydrogen-bond acceptors (Lipinski definition) is 4. The molecule has 4 aliphatic carbocycles. The second-order valence-corrected chi connectivity index (χ2v) is 13.2. The topological polar surface area (TPSA) is 60.4 Å². The Hall–Kier alpha value is -1.36. The third-order valence-electron chi connectivity index (χ3n) is 10.3. The first-order valence-corrected chi connectivity index (χ1v) is 14.2. The van der Waals surface area contributed by atoms with Gasteiger partial charge in [0.15, 0.2) is 17.2 Å². The molecule has 4 nitrogen and oxygen atoms in total. The number of ether oxygens (including phenoxy) is 1. The van der Waals surface area contributed by atoms with Gasteiger partial charge in [0.25, 0.3) is 0 Å². The molecule has 8 atom stereocenters. The minimum absolute atomic E-state index is 0.0126. The Morgan fingerprint density at radius 1 is 1.11 bits per heavy atom. The molecule has 4 aliphatic rings. The molecule has 5 rings (SSSR count). The molecule has 0 aromatic heterocycles. The number of alkyl halides is 3. The average Bonchev–Trinajstić information content (AvgIpc) is 3.07. The number of hydrogen-bond donors (Lipinski definition) is 0. The van der Waals surface area contributed by atoms with Crippen LogP contribution in [0.2, 0.25) is 0 Å². The Bertz CT molecular complexity index is 1130. The van der Waals surface area contributed by atoms with Crippen LogP contribution >= 0.6 is 34.8 Å². The van der Waals surface area contributed by atoms with Gasteiger partial charge in [-0.2, -0.15) is 0 Å². The van der Waals surface area contributed by atoms with Crippen LogP contribution in [-0.4, -0.2) is 39.3 Å². The first kappa shape index (κ1) is 26.3. The van der Waals surface area contributed by atoms with Gasteiger partial charge >= 0.3 is 5.97 Å². The van der Waals surface area contributed by atoms with Crippen molar-refractivity contribution in [3.8, 4) is 0 Å². The number of rotatable bonds is 4. The fraction of sp³-hybridized carbons (Fsp3) is 0.621. The quantitative estimate of drug-likeness (QED) is 0.307. The van der Waals surface area contributed by atoms with E-state index in [0.717, 1.165) is 18.4 Å². The van der Waals surface area contributed by atoms with E-state index in [4.69, 9.17) is 39.5 Å². The van der Waals surface area contributed by atoms with Crippen molar-refractivity contribution in [3.05, 3.63) is 47.5 Å². The molecule has 0 aliphatic heterocycles. The van der Waals surface area contributed by atoms with Crippen molar-refractivity contribution in [2.75, 3.05) is 5.88 Å². The summed E-state index contributed by atoms with van der Waals surface area (Å²) >= 11 is 21.2. The molecule has 36 heavy (non-hydrogen) atoms. The van der Waals surface area contributed by atoms with E-state index in [0.29, 0.717) is 31.2 Å². The van der Waals surface area contributed by atoms with Crippen LogP contribution < -0.4 is 0 Å². The number of carbonyl (C=O) groups is 3. The van der Waals surface area contributed by atoms with E-state index in [1.807, 2.05) is 19.9 Å². The molecule has 0 spiro atoms. The van der Waals surface area contributed by atoms with Gasteiger partial charge in [0.1, 0.15) is 0 Å². The average molecular weight is 552 g/mol. The maximum atomic E-state index is 13.7. The highest BCUT2D eigenvalue weighted by atomic mass is 35.5. The minimum Gasteiger partial charge on any atom is -0.447 e. The number of halogens is 3. The molecule has 7 heteroatoms. The molecular formula is C29H33Cl3O4. The SMILES string of the molecule is C[C@@H]1C[C@H]2[C@@H]3CCC4=CC(=O)CC[C@]4(C)[C@@]3(Cl)[C@@H](Cl)C[C@]2(C)[C@]1(OC(=O)c1ccccc1)C(=O)CCl. The maximum absolute atomic E-state index is 13.7. The number of fused-ring (bicyclic) bond motifs is 5. The zero-order valence-corrected chi connectivity index (χ0v) is 23.3. The van der Waals surface area contributed by atoms with Gasteiger partial charge in [-0.1, -0.05) is 44.5 Å². The summed E-state index contributed by atoms with van der Waals surface area (Å²) in [6, 6.07) is 8.76. The molecule has 0 radical (unpaired) electrons. The zero-order valence-electron chi connectivity index (χ0n) is 21.0. The second kappa shape index (κ2) is 8.85. The first-order chi connectivity index (χ1) is 17.0. The van der Waals surface area contributed by atoms with Gasteiger partial charge in [0.2, 0.25) is 0 Å². The summed E-state index contributed by atoms with van der Waals surface area (Å²) in [6.07, 6.45) is 5.62. The lowest BCUT2D eigenvalue weighted by molar-refractivity contribution is -0.165. The highest BCUT2D eigenvalue weighted by molar-refractivity contribution is 6.34. The third kappa shape index (κ3) is 3.29. The summed E-state index contributed by atoms with van der Waals surface area (Å²) in [7, 11) is 0. The number of esters is 1.